The molecule has 0 radical (unpaired) electrons. The van der Waals surface area contributed by atoms with Gasteiger partial charge in [0, 0.05) is 45.8 Å². The second kappa shape index (κ2) is 12.4. The van der Waals surface area contributed by atoms with Gasteiger partial charge in [-0.25, -0.2) is 0 Å². The molecular formula is C24H40IN5O. The molecule has 0 aromatic heterocycles. The van der Waals surface area contributed by atoms with Gasteiger partial charge in [-0.05, 0) is 43.8 Å². The van der Waals surface area contributed by atoms with E-state index in [0.717, 1.165) is 57.8 Å². The molecule has 1 N–H and O–H groups in total. The molecule has 4 rings (SSSR count). The highest BCUT2D eigenvalue weighted by Crippen LogP contribution is 2.26. The Labute approximate surface area is 205 Å². The maximum atomic E-state index is 5.53. The van der Waals surface area contributed by atoms with E-state index in [0.29, 0.717) is 12.1 Å². The minimum absolute atomic E-state index is 0. The van der Waals surface area contributed by atoms with Gasteiger partial charge in [0.2, 0.25) is 0 Å². The summed E-state index contributed by atoms with van der Waals surface area (Å²) in [7, 11) is 1.92. The lowest BCUT2D eigenvalue weighted by Crippen LogP contribution is -2.48. The standard InChI is InChI=1S/C24H39N5O.HI/c1-20-8-11-28(12-9-20)23(21-6-4-3-5-7-21)18-26-24(25-2)29-13-10-22(19-29)27-14-16-30-17-15-27;/h3-7,20,22-23H,8-19H2,1-2H3,(H,25,26);1H. The van der Waals surface area contributed by atoms with E-state index in [9.17, 15) is 0 Å². The lowest BCUT2D eigenvalue weighted by molar-refractivity contribution is 0.0194. The molecule has 3 fully saturated rings. The summed E-state index contributed by atoms with van der Waals surface area (Å²) in [6, 6.07) is 12.0. The normalized spacial score (nSPS) is 25.3. The van der Waals surface area contributed by atoms with E-state index in [-0.39, 0.29) is 24.0 Å². The number of benzene rings is 1. The summed E-state index contributed by atoms with van der Waals surface area (Å²) < 4.78 is 5.53. The van der Waals surface area contributed by atoms with Crippen LogP contribution in [0.25, 0.3) is 0 Å². The maximum absolute atomic E-state index is 5.53. The molecule has 0 amide bonds. The van der Waals surface area contributed by atoms with Gasteiger partial charge in [0.1, 0.15) is 0 Å². The first-order chi connectivity index (χ1) is 14.7. The molecule has 1 aromatic rings. The van der Waals surface area contributed by atoms with Crippen molar-refractivity contribution in [1.29, 1.82) is 0 Å². The number of guanidine groups is 1. The number of halogens is 1. The number of hydrogen-bond donors (Lipinski definition) is 1. The predicted molar refractivity (Wildman–Crippen MR) is 138 cm³/mol. The summed E-state index contributed by atoms with van der Waals surface area (Å²) in [6.07, 6.45) is 3.81. The molecule has 2 atom stereocenters. The Balaban J connectivity index is 0.00000272. The largest absolute Gasteiger partial charge is 0.379 e. The smallest absolute Gasteiger partial charge is 0.193 e. The molecule has 31 heavy (non-hydrogen) atoms. The molecule has 3 aliphatic heterocycles. The average Bonchev–Trinajstić information content (AvgIpc) is 3.29. The third-order valence-corrected chi connectivity index (χ3v) is 7.13. The van der Waals surface area contributed by atoms with Crippen LogP contribution in [0.3, 0.4) is 0 Å². The first kappa shape index (κ1) is 24.7. The van der Waals surface area contributed by atoms with E-state index >= 15 is 0 Å². The fourth-order valence-electron chi connectivity index (χ4n) is 5.17. The number of piperidine rings is 1. The van der Waals surface area contributed by atoms with E-state index in [1.54, 1.807) is 0 Å². The molecule has 3 heterocycles. The monoisotopic (exact) mass is 541 g/mol. The Kier molecular flexibility index (Phi) is 9.87. The Hall–Kier alpha value is -0.900. The SMILES string of the molecule is CN=C(NCC(c1ccccc1)N1CCC(C)CC1)N1CCC(N2CCOCC2)C1.I. The number of hydrogen-bond acceptors (Lipinski definition) is 4. The van der Waals surface area contributed by atoms with E-state index in [1.165, 1.54) is 37.9 Å². The third kappa shape index (κ3) is 6.55. The van der Waals surface area contributed by atoms with Crippen LogP contribution in [-0.4, -0.2) is 92.8 Å². The topological polar surface area (TPSA) is 43.3 Å². The lowest BCUT2D eigenvalue weighted by atomic mass is 9.95. The van der Waals surface area contributed by atoms with Crippen molar-refractivity contribution in [3.8, 4) is 0 Å². The van der Waals surface area contributed by atoms with Crippen molar-refractivity contribution in [3.63, 3.8) is 0 Å². The van der Waals surface area contributed by atoms with Crippen LogP contribution in [0.15, 0.2) is 35.3 Å². The highest BCUT2D eigenvalue weighted by Gasteiger charge is 2.31. The molecule has 1 aromatic carbocycles. The van der Waals surface area contributed by atoms with Crippen LogP contribution < -0.4 is 5.32 Å². The molecule has 3 saturated heterocycles. The molecule has 174 valence electrons. The van der Waals surface area contributed by atoms with Gasteiger partial charge >= 0.3 is 0 Å². The summed E-state index contributed by atoms with van der Waals surface area (Å²) in [4.78, 5) is 12.3. The Morgan fingerprint density at radius 3 is 2.45 bits per heavy atom. The van der Waals surface area contributed by atoms with Crippen LogP contribution in [0.2, 0.25) is 0 Å². The van der Waals surface area contributed by atoms with Crippen molar-refractivity contribution in [3.05, 3.63) is 35.9 Å². The summed E-state index contributed by atoms with van der Waals surface area (Å²) in [5.74, 6) is 1.90. The van der Waals surface area contributed by atoms with E-state index in [4.69, 9.17) is 4.74 Å². The van der Waals surface area contributed by atoms with Crippen LogP contribution in [-0.2, 0) is 4.74 Å². The number of morpholine rings is 1. The number of nitrogens with one attached hydrogen (secondary N) is 1. The molecule has 0 bridgehead atoms. The van der Waals surface area contributed by atoms with Gasteiger partial charge in [-0.15, -0.1) is 24.0 Å². The zero-order valence-electron chi connectivity index (χ0n) is 19.2. The minimum atomic E-state index is 0. The van der Waals surface area contributed by atoms with Crippen molar-refractivity contribution in [2.75, 3.05) is 66.1 Å². The second-order valence-electron chi connectivity index (χ2n) is 9.11. The first-order valence-corrected chi connectivity index (χ1v) is 11.8. The summed E-state index contributed by atoms with van der Waals surface area (Å²) in [6.45, 7) is 11.7. The van der Waals surface area contributed by atoms with Crippen molar-refractivity contribution in [1.82, 2.24) is 20.0 Å². The second-order valence-corrected chi connectivity index (χ2v) is 9.11. The molecule has 0 aliphatic carbocycles. The van der Waals surface area contributed by atoms with Crippen LogP contribution in [0.4, 0.5) is 0 Å². The van der Waals surface area contributed by atoms with Gasteiger partial charge in [-0.3, -0.25) is 14.8 Å². The van der Waals surface area contributed by atoms with Crippen molar-refractivity contribution < 1.29 is 4.74 Å². The summed E-state index contributed by atoms with van der Waals surface area (Å²) >= 11 is 0. The molecule has 6 nitrogen and oxygen atoms in total. The third-order valence-electron chi connectivity index (χ3n) is 7.13. The zero-order valence-corrected chi connectivity index (χ0v) is 21.5. The van der Waals surface area contributed by atoms with Gasteiger partial charge in [0.15, 0.2) is 5.96 Å². The highest BCUT2D eigenvalue weighted by atomic mass is 127. The molecule has 0 saturated carbocycles. The van der Waals surface area contributed by atoms with Crippen molar-refractivity contribution >= 4 is 29.9 Å². The molecule has 2 unspecified atom stereocenters. The average molecular weight is 542 g/mol. The van der Waals surface area contributed by atoms with Crippen molar-refractivity contribution in [2.45, 2.75) is 38.3 Å². The first-order valence-electron chi connectivity index (χ1n) is 11.8. The van der Waals surface area contributed by atoms with Gasteiger partial charge in [0.25, 0.3) is 0 Å². The predicted octanol–water partition coefficient (Wildman–Crippen LogP) is 3.06. The van der Waals surface area contributed by atoms with Crippen molar-refractivity contribution in [2.24, 2.45) is 10.9 Å². The van der Waals surface area contributed by atoms with Gasteiger partial charge < -0.3 is 15.0 Å². The van der Waals surface area contributed by atoms with E-state index in [1.807, 2.05) is 7.05 Å². The number of nitrogens with zero attached hydrogens (tertiary/aromatic N) is 4. The fourth-order valence-corrected chi connectivity index (χ4v) is 5.17. The number of rotatable bonds is 5. The van der Waals surface area contributed by atoms with Crippen LogP contribution >= 0.6 is 24.0 Å². The Bertz CT molecular complexity index is 674. The molecule has 0 spiro atoms. The maximum Gasteiger partial charge on any atom is 0.193 e. The van der Waals surface area contributed by atoms with Gasteiger partial charge in [0.05, 0.1) is 19.3 Å². The Morgan fingerprint density at radius 2 is 1.77 bits per heavy atom. The van der Waals surface area contributed by atoms with E-state index in [2.05, 4.69) is 62.3 Å². The number of ether oxygens (including phenoxy) is 1. The van der Waals surface area contributed by atoms with E-state index < -0.39 is 0 Å². The van der Waals surface area contributed by atoms with Crippen LogP contribution in [0, 0.1) is 5.92 Å². The van der Waals surface area contributed by atoms with Gasteiger partial charge in [-0.2, -0.15) is 0 Å². The lowest BCUT2D eigenvalue weighted by Gasteiger charge is -2.38. The fraction of sp³-hybridized carbons (Fsp3) is 0.708. The molecule has 3 aliphatic rings. The number of likely N-dealkylation sites (tertiary alicyclic amines) is 2. The quantitative estimate of drug-likeness (QED) is 0.353. The minimum Gasteiger partial charge on any atom is -0.379 e. The van der Waals surface area contributed by atoms with Crippen LogP contribution in [0.5, 0.6) is 0 Å². The van der Waals surface area contributed by atoms with Gasteiger partial charge in [-0.1, -0.05) is 37.3 Å². The Morgan fingerprint density at radius 1 is 1.06 bits per heavy atom. The highest BCUT2D eigenvalue weighted by molar-refractivity contribution is 14.0. The molecule has 7 heteroatoms. The number of aliphatic imine (C=N–C) groups is 1. The summed E-state index contributed by atoms with van der Waals surface area (Å²) in [5, 5.41) is 3.73. The van der Waals surface area contributed by atoms with Crippen LogP contribution in [0.1, 0.15) is 37.8 Å². The zero-order chi connectivity index (χ0) is 20.8. The summed E-state index contributed by atoms with van der Waals surface area (Å²) in [5.41, 5.74) is 1.41. The molecular weight excluding hydrogens is 501 g/mol.